The first-order chi connectivity index (χ1) is 47.6. The fourth-order valence-corrected chi connectivity index (χ4v) is 15.5. The highest BCUT2D eigenvalue weighted by Gasteiger charge is 2.23. The number of fused-ring (bicyclic) bond motifs is 15. The highest BCUT2D eigenvalue weighted by atomic mass is 15.0. The van der Waals surface area contributed by atoms with E-state index in [2.05, 4.69) is 358 Å². The van der Waals surface area contributed by atoms with Gasteiger partial charge in [-0.3, -0.25) is 0 Å². The minimum atomic E-state index is 0.667. The van der Waals surface area contributed by atoms with Crippen molar-refractivity contribution in [2.45, 2.75) is 0 Å². The molecule has 0 spiro atoms. The minimum Gasteiger partial charge on any atom is -0.309 e. The largest absolute Gasteiger partial charge is 0.309 e. The summed E-state index contributed by atoms with van der Waals surface area (Å²) >= 11 is 0. The van der Waals surface area contributed by atoms with Crippen molar-refractivity contribution in [2.24, 2.45) is 0 Å². The van der Waals surface area contributed by atoms with Crippen molar-refractivity contribution in [1.29, 1.82) is 0 Å². The van der Waals surface area contributed by atoms with Crippen LogP contribution in [0.1, 0.15) is 0 Å². The SMILES string of the molecule is c1ccc(-c2ccc(-c3nc(-c4cc(-n5c6ccccc6c6cc(-c7ccc8c(c7)c7ccccc7n8-c7ccccc7)ccc65)cc(-n5c6ccccc6c6cc(-c7ccc8c(c7)c7ccccc7n8-c7ccccc7)ccc65)c4)c4ccc5ccccc5c4n3)cc2)cc1. The van der Waals surface area contributed by atoms with Crippen LogP contribution in [0.2, 0.25) is 0 Å². The van der Waals surface area contributed by atoms with Crippen LogP contribution < -0.4 is 0 Å². The Morgan fingerprint density at radius 1 is 0.177 bits per heavy atom. The molecule has 6 heteroatoms. The average molecular weight is 1220 g/mol. The molecule has 6 nitrogen and oxygen atoms in total. The second-order valence-corrected chi connectivity index (χ2v) is 25.3. The van der Waals surface area contributed by atoms with Gasteiger partial charge in [-0.15, -0.1) is 0 Å². The molecule has 0 amide bonds. The van der Waals surface area contributed by atoms with E-state index < -0.39 is 0 Å². The maximum absolute atomic E-state index is 5.72. The molecule has 5 aromatic heterocycles. The Morgan fingerprint density at radius 2 is 0.510 bits per heavy atom. The summed E-state index contributed by atoms with van der Waals surface area (Å²) in [5.41, 5.74) is 24.2. The topological polar surface area (TPSA) is 45.5 Å². The quantitative estimate of drug-likeness (QED) is 0.135. The predicted molar refractivity (Wildman–Crippen MR) is 402 cm³/mol. The van der Waals surface area contributed by atoms with Crippen molar-refractivity contribution in [3.8, 4) is 78.8 Å². The van der Waals surface area contributed by atoms with Crippen LogP contribution in [0.5, 0.6) is 0 Å². The van der Waals surface area contributed by atoms with Crippen molar-refractivity contribution in [3.63, 3.8) is 0 Å². The smallest absolute Gasteiger partial charge is 0.160 e. The van der Waals surface area contributed by atoms with Gasteiger partial charge in [-0.05, 0) is 160 Å². The highest BCUT2D eigenvalue weighted by Crippen LogP contribution is 2.44. The molecule has 0 atom stereocenters. The van der Waals surface area contributed by atoms with Gasteiger partial charge < -0.3 is 18.3 Å². The molecule has 0 saturated heterocycles. The number of rotatable bonds is 9. The second-order valence-electron chi connectivity index (χ2n) is 25.3. The van der Waals surface area contributed by atoms with Crippen LogP contribution in [0.15, 0.2) is 340 Å². The Balaban J connectivity index is 0.807. The summed E-state index contributed by atoms with van der Waals surface area (Å²) in [6, 6.07) is 124. The summed E-state index contributed by atoms with van der Waals surface area (Å²) in [4.78, 5) is 11.2. The second kappa shape index (κ2) is 21.3. The molecule has 446 valence electrons. The van der Waals surface area contributed by atoms with E-state index in [1.807, 2.05) is 0 Å². The number of aromatic nitrogens is 6. The van der Waals surface area contributed by atoms with Crippen LogP contribution in [0, 0.1) is 0 Å². The molecule has 15 aromatic carbocycles. The number of para-hydroxylation sites is 6. The molecule has 0 aliphatic heterocycles. The fraction of sp³-hybridized carbons (Fsp3) is 0. The third-order valence-electron chi connectivity index (χ3n) is 19.9. The van der Waals surface area contributed by atoms with Crippen LogP contribution in [0.3, 0.4) is 0 Å². The van der Waals surface area contributed by atoms with Gasteiger partial charge in [-0.2, -0.15) is 0 Å². The van der Waals surface area contributed by atoms with Gasteiger partial charge in [-0.1, -0.05) is 218 Å². The summed E-state index contributed by atoms with van der Waals surface area (Å²) in [6.07, 6.45) is 0. The van der Waals surface area contributed by atoms with Gasteiger partial charge in [0.05, 0.1) is 55.3 Å². The van der Waals surface area contributed by atoms with E-state index >= 15 is 0 Å². The minimum absolute atomic E-state index is 0.667. The monoisotopic (exact) mass is 1220 g/mol. The molecule has 0 unspecified atom stereocenters. The molecule has 0 bridgehead atoms. The van der Waals surface area contributed by atoms with E-state index in [1.54, 1.807) is 0 Å². The molecular formula is C90H56N6. The summed E-state index contributed by atoms with van der Waals surface area (Å²) in [6.45, 7) is 0. The number of hydrogen-bond donors (Lipinski definition) is 0. The molecule has 0 saturated carbocycles. The Kier molecular flexibility index (Phi) is 11.9. The third kappa shape index (κ3) is 8.39. The average Bonchev–Trinajstić information content (AvgIpc) is 1.53. The first-order valence-corrected chi connectivity index (χ1v) is 32.9. The zero-order valence-electron chi connectivity index (χ0n) is 52.0. The lowest BCUT2D eigenvalue weighted by molar-refractivity contribution is 1.13. The van der Waals surface area contributed by atoms with E-state index in [0.29, 0.717) is 5.82 Å². The maximum atomic E-state index is 5.72. The number of benzene rings is 15. The van der Waals surface area contributed by atoms with Gasteiger partial charge in [0.15, 0.2) is 5.82 Å². The molecule has 0 radical (unpaired) electrons. The van der Waals surface area contributed by atoms with Crippen molar-refractivity contribution in [2.75, 3.05) is 0 Å². The summed E-state index contributed by atoms with van der Waals surface area (Å²) in [5.74, 6) is 0.667. The Labute approximate surface area is 552 Å². The van der Waals surface area contributed by atoms with Gasteiger partial charge in [-0.25, -0.2) is 9.97 Å². The van der Waals surface area contributed by atoms with E-state index in [9.17, 15) is 0 Å². The zero-order valence-corrected chi connectivity index (χ0v) is 52.0. The van der Waals surface area contributed by atoms with Crippen LogP contribution >= 0.6 is 0 Å². The molecule has 0 aliphatic carbocycles. The van der Waals surface area contributed by atoms with Gasteiger partial charge in [0.25, 0.3) is 0 Å². The molecule has 96 heavy (non-hydrogen) atoms. The highest BCUT2D eigenvalue weighted by molar-refractivity contribution is 6.16. The van der Waals surface area contributed by atoms with Gasteiger partial charge in [0.2, 0.25) is 0 Å². The molecule has 0 N–H and O–H groups in total. The Morgan fingerprint density at radius 3 is 0.948 bits per heavy atom. The van der Waals surface area contributed by atoms with Crippen molar-refractivity contribution >= 4 is 109 Å². The van der Waals surface area contributed by atoms with Gasteiger partial charge in [0.1, 0.15) is 0 Å². The zero-order chi connectivity index (χ0) is 63.0. The fourth-order valence-electron chi connectivity index (χ4n) is 15.5. The summed E-state index contributed by atoms with van der Waals surface area (Å²) in [7, 11) is 0. The summed E-state index contributed by atoms with van der Waals surface area (Å²) < 4.78 is 9.71. The first kappa shape index (κ1) is 53.7. The lowest BCUT2D eigenvalue weighted by atomic mass is 9.99. The number of nitrogens with zero attached hydrogens (tertiary/aromatic N) is 6. The van der Waals surface area contributed by atoms with Crippen molar-refractivity contribution < 1.29 is 0 Å². The van der Waals surface area contributed by atoms with Crippen LogP contribution in [0.25, 0.3) is 188 Å². The molecule has 5 heterocycles. The normalized spacial score (nSPS) is 12.0. The lowest BCUT2D eigenvalue weighted by Crippen LogP contribution is -2.02. The molecular weight excluding hydrogens is 1170 g/mol. The molecule has 0 fully saturated rings. The Bertz CT molecular complexity index is 6260. The van der Waals surface area contributed by atoms with E-state index in [4.69, 9.17) is 9.97 Å². The molecule has 20 rings (SSSR count). The standard InChI is InChI=1S/C90H56N6/c1-4-20-57(21-5-1)58-36-38-60(39-37-58)90-91-88(75-45-40-59-22-10-11-27-70(59)89(75)92-90)65-50-68(95-82-34-18-14-30-73(82)78-54-63(43-48-86(78)95)61-41-46-84-76(52-61)71-28-12-16-32-80(71)93(84)66-23-6-2-7-24-66)56-69(51-65)96-83-35-19-15-31-74(83)79-55-64(44-49-87(79)96)62-42-47-85-77(53-62)72-29-13-17-33-81(72)94(85)67-25-8-3-9-26-67/h1-56H. The maximum Gasteiger partial charge on any atom is 0.160 e. The van der Waals surface area contributed by atoms with Crippen molar-refractivity contribution in [1.82, 2.24) is 28.2 Å². The van der Waals surface area contributed by atoms with Crippen LogP contribution in [-0.4, -0.2) is 28.2 Å². The third-order valence-corrected chi connectivity index (χ3v) is 19.9. The van der Waals surface area contributed by atoms with Crippen LogP contribution in [0.4, 0.5) is 0 Å². The molecule has 20 aromatic rings. The lowest BCUT2D eigenvalue weighted by Gasteiger charge is -2.17. The predicted octanol–water partition coefficient (Wildman–Crippen LogP) is 23.5. The van der Waals surface area contributed by atoms with Crippen molar-refractivity contribution in [3.05, 3.63) is 340 Å². The Hall–Kier alpha value is -12.9. The van der Waals surface area contributed by atoms with E-state index in [0.717, 1.165) is 106 Å². The van der Waals surface area contributed by atoms with E-state index in [1.165, 1.54) is 76.3 Å². The number of hydrogen-bond acceptors (Lipinski definition) is 2. The summed E-state index contributed by atoms with van der Waals surface area (Å²) in [5, 5.41) is 12.8. The van der Waals surface area contributed by atoms with Crippen LogP contribution in [-0.2, 0) is 0 Å². The van der Waals surface area contributed by atoms with E-state index in [-0.39, 0.29) is 0 Å². The molecule has 0 aliphatic rings. The van der Waals surface area contributed by atoms with Gasteiger partial charge in [0, 0.05) is 87.7 Å². The first-order valence-electron chi connectivity index (χ1n) is 32.9. The van der Waals surface area contributed by atoms with Gasteiger partial charge >= 0.3 is 0 Å².